The van der Waals surface area contributed by atoms with Crippen LogP contribution in [0.5, 0.6) is 5.75 Å². The third kappa shape index (κ3) is 4.72. The molecule has 0 saturated heterocycles. The SMILES string of the molecule is CC(C)(C#N)CCCOc1cc(F)cc(CN)c1. The van der Waals surface area contributed by atoms with Crippen LogP contribution in [0.15, 0.2) is 18.2 Å². The Morgan fingerprint density at radius 2 is 2.11 bits per heavy atom. The van der Waals surface area contributed by atoms with Gasteiger partial charge < -0.3 is 10.5 Å². The molecule has 0 aliphatic carbocycles. The van der Waals surface area contributed by atoms with Crippen LogP contribution in [0.4, 0.5) is 4.39 Å². The predicted octanol–water partition coefficient (Wildman–Crippen LogP) is 2.99. The number of hydrogen-bond donors (Lipinski definition) is 1. The van der Waals surface area contributed by atoms with Crippen molar-refractivity contribution in [2.75, 3.05) is 6.61 Å². The molecule has 0 unspecified atom stereocenters. The molecule has 0 atom stereocenters. The number of nitriles is 1. The average molecular weight is 250 g/mol. The molecule has 18 heavy (non-hydrogen) atoms. The molecule has 0 aliphatic rings. The quantitative estimate of drug-likeness (QED) is 0.789. The van der Waals surface area contributed by atoms with Crippen LogP contribution < -0.4 is 10.5 Å². The van der Waals surface area contributed by atoms with Crippen molar-refractivity contribution in [3.05, 3.63) is 29.6 Å². The summed E-state index contributed by atoms with van der Waals surface area (Å²) in [5.74, 6) is 0.149. The predicted molar refractivity (Wildman–Crippen MR) is 68.4 cm³/mol. The van der Waals surface area contributed by atoms with Gasteiger partial charge >= 0.3 is 0 Å². The van der Waals surface area contributed by atoms with Crippen molar-refractivity contribution in [1.82, 2.24) is 0 Å². The van der Waals surface area contributed by atoms with E-state index in [4.69, 9.17) is 15.7 Å². The smallest absolute Gasteiger partial charge is 0.127 e. The van der Waals surface area contributed by atoms with Gasteiger partial charge in [0.2, 0.25) is 0 Å². The molecule has 98 valence electrons. The molecular formula is C14H19FN2O. The largest absolute Gasteiger partial charge is 0.493 e. The first-order valence-electron chi connectivity index (χ1n) is 6.00. The highest BCUT2D eigenvalue weighted by molar-refractivity contribution is 5.29. The van der Waals surface area contributed by atoms with E-state index in [-0.39, 0.29) is 17.8 Å². The summed E-state index contributed by atoms with van der Waals surface area (Å²) in [5, 5.41) is 8.86. The van der Waals surface area contributed by atoms with Crippen LogP contribution in [0.3, 0.4) is 0 Å². The lowest BCUT2D eigenvalue weighted by Crippen LogP contribution is -2.10. The zero-order valence-corrected chi connectivity index (χ0v) is 10.9. The van der Waals surface area contributed by atoms with E-state index in [1.807, 2.05) is 13.8 Å². The second-order valence-corrected chi connectivity index (χ2v) is 4.95. The van der Waals surface area contributed by atoms with Gasteiger partial charge in [0.25, 0.3) is 0 Å². The van der Waals surface area contributed by atoms with Gasteiger partial charge in [0, 0.05) is 12.6 Å². The van der Waals surface area contributed by atoms with E-state index in [1.165, 1.54) is 12.1 Å². The highest BCUT2D eigenvalue weighted by Crippen LogP contribution is 2.21. The molecule has 0 radical (unpaired) electrons. The van der Waals surface area contributed by atoms with Gasteiger partial charge in [-0.3, -0.25) is 0 Å². The Morgan fingerprint density at radius 3 is 2.72 bits per heavy atom. The molecule has 0 aromatic heterocycles. The lowest BCUT2D eigenvalue weighted by atomic mass is 9.90. The molecule has 0 bridgehead atoms. The third-order valence-corrected chi connectivity index (χ3v) is 2.68. The Balaban J connectivity index is 2.45. The molecule has 0 saturated carbocycles. The first kappa shape index (κ1) is 14.5. The molecule has 0 fully saturated rings. The third-order valence-electron chi connectivity index (χ3n) is 2.68. The van der Waals surface area contributed by atoms with Crippen LogP contribution in [0.25, 0.3) is 0 Å². The van der Waals surface area contributed by atoms with Crippen molar-refractivity contribution in [3.63, 3.8) is 0 Å². The van der Waals surface area contributed by atoms with E-state index < -0.39 is 0 Å². The maximum absolute atomic E-state index is 13.2. The van der Waals surface area contributed by atoms with Crippen molar-refractivity contribution in [2.24, 2.45) is 11.1 Å². The highest BCUT2D eigenvalue weighted by atomic mass is 19.1. The van der Waals surface area contributed by atoms with Crippen molar-refractivity contribution in [2.45, 2.75) is 33.2 Å². The van der Waals surface area contributed by atoms with Gasteiger partial charge in [0.05, 0.1) is 18.1 Å². The van der Waals surface area contributed by atoms with Crippen LogP contribution in [0.2, 0.25) is 0 Å². The summed E-state index contributed by atoms with van der Waals surface area (Å²) in [4.78, 5) is 0. The number of hydrogen-bond acceptors (Lipinski definition) is 3. The number of ether oxygens (including phenoxy) is 1. The Labute approximate surface area is 107 Å². The fourth-order valence-electron chi connectivity index (χ4n) is 1.58. The minimum atomic E-state index is -0.342. The monoisotopic (exact) mass is 250 g/mol. The fourth-order valence-corrected chi connectivity index (χ4v) is 1.58. The van der Waals surface area contributed by atoms with Crippen LogP contribution >= 0.6 is 0 Å². The number of benzene rings is 1. The summed E-state index contributed by atoms with van der Waals surface area (Å²) in [7, 11) is 0. The topological polar surface area (TPSA) is 59.0 Å². The summed E-state index contributed by atoms with van der Waals surface area (Å²) in [6.07, 6.45) is 1.51. The van der Waals surface area contributed by atoms with Crippen LogP contribution in [-0.4, -0.2) is 6.61 Å². The minimum Gasteiger partial charge on any atom is -0.493 e. The molecule has 1 aromatic carbocycles. The van der Waals surface area contributed by atoms with Crippen LogP contribution in [-0.2, 0) is 6.54 Å². The summed E-state index contributed by atoms with van der Waals surface area (Å²) in [6.45, 7) is 4.54. The van der Waals surface area contributed by atoms with E-state index in [1.54, 1.807) is 6.07 Å². The molecule has 3 nitrogen and oxygen atoms in total. The fraction of sp³-hybridized carbons (Fsp3) is 0.500. The van der Waals surface area contributed by atoms with Crippen LogP contribution in [0.1, 0.15) is 32.3 Å². The van der Waals surface area contributed by atoms with Crippen molar-refractivity contribution < 1.29 is 9.13 Å². The zero-order chi connectivity index (χ0) is 13.6. The molecule has 1 rings (SSSR count). The first-order chi connectivity index (χ1) is 8.46. The van der Waals surface area contributed by atoms with E-state index >= 15 is 0 Å². The van der Waals surface area contributed by atoms with Crippen molar-refractivity contribution in [1.29, 1.82) is 5.26 Å². The van der Waals surface area contributed by atoms with Gasteiger partial charge in [0.15, 0.2) is 0 Å². The number of nitrogens with two attached hydrogens (primary N) is 1. The Kier molecular flexibility index (Phi) is 5.11. The number of halogens is 1. The van der Waals surface area contributed by atoms with Gasteiger partial charge in [-0.15, -0.1) is 0 Å². The van der Waals surface area contributed by atoms with Crippen molar-refractivity contribution >= 4 is 0 Å². The molecule has 1 aromatic rings. The lowest BCUT2D eigenvalue weighted by Gasteiger charge is -2.15. The maximum Gasteiger partial charge on any atom is 0.127 e. The van der Waals surface area contributed by atoms with Gasteiger partial charge in [-0.2, -0.15) is 5.26 Å². The molecule has 0 amide bonds. The Hall–Kier alpha value is -1.60. The van der Waals surface area contributed by atoms with E-state index in [0.29, 0.717) is 17.9 Å². The normalized spacial score (nSPS) is 11.1. The van der Waals surface area contributed by atoms with E-state index in [2.05, 4.69) is 6.07 Å². The molecular weight excluding hydrogens is 231 g/mol. The summed E-state index contributed by atoms with van der Waals surface area (Å²) in [5.41, 5.74) is 5.83. The zero-order valence-electron chi connectivity index (χ0n) is 10.9. The number of nitrogens with zero attached hydrogens (tertiary/aromatic N) is 1. The molecule has 2 N–H and O–H groups in total. The lowest BCUT2D eigenvalue weighted by molar-refractivity contribution is 0.283. The van der Waals surface area contributed by atoms with E-state index in [9.17, 15) is 4.39 Å². The highest BCUT2D eigenvalue weighted by Gasteiger charge is 2.15. The van der Waals surface area contributed by atoms with E-state index in [0.717, 1.165) is 12.8 Å². The molecule has 0 aliphatic heterocycles. The Bertz CT molecular complexity index is 438. The van der Waals surface area contributed by atoms with Gasteiger partial charge in [0.1, 0.15) is 11.6 Å². The van der Waals surface area contributed by atoms with Crippen molar-refractivity contribution in [3.8, 4) is 11.8 Å². The standard InChI is InChI=1S/C14H19FN2O/c1-14(2,10-17)4-3-5-18-13-7-11(9-16)6-12(15)8-13/h6-8H,3-5,9,16H2,1-2H3. The first-order valence-corrected chi connectivity index (χ1v) is 6.00. The van der Waals surface area contributed by atoms with Gasteiger partial charge in [-0.05, 0) is 44.4 Å². The molecule has 4 heteroatoms. The molecule has 0 heterocycles. The minimum absolute atomic E-state index is 0.287. The maximum atomic E-state index is 13.2. The average Bonchev–Trinajstić information content (AvgIpc) is 2.34. The molecule has 0 spiro atoms. The Morgan fingerprint density at radius 1 is 1.39 bits per heavy atom. The summed E-state index contributed by atoms with van der Waals surface area (Å²) in [6, 6.07) is 6.71. The van der Waals surface area contributed by atoms with Gasteiger partial charge in [-0.1, -0.05) is 0 Å². The second-order valence-electron chi connectivity index (χ2n) is 4.95. The summed E-state index contributed by atoms with van der Waals surface area (Å²) >= 11 is 0. The summed E-state index contributed by atoms with van der Waals surface area (Å²) < 4.78 is 18.7. The second kappa shape index (κ2) is 6.36. The van der Waals surface area contributed by atoms with Gasteiger partial charge in [-0.25, -0.2) is 4.39 Å². The van der Waals surface area contributed by atoms with Crippen LogP contribution in [0, 0.1) is 22.6 Å². The number of rotatable bonds is 6.